The van der Waals surface area contributed by atoms with Crippen molar-refractivity contribution in [1.29, 1.82) is 0 Å². The second kappa shape index (κ2) is 4.61. The molecule has 19 heavy (non-hydrogen) atoms. The minimum Gasteiger partial charge on any atom is -0.461 e. The molecule has 0 spiro atoms. The Morgan fingerprint density at radius 1 is 1.47 bits per heavy atom. The van der Waals surface area contributed by atoms with Gasteiger partial charge in [-0.3, -0.25) is 4.40 Å². The minimum atomic E-state index is -3.45. The van der Waals surface area contributed by atoms with Crippen LogP contribution in [0, 0.1) is 6.92 Å². The van der Waals surface area contributed by atoms with Gasteiger partial charge in [-0.15, -0.1) is 0 Å². The van der Waals surface area contributed by atoms with Crippen LogP contribution in [0.15, 0.2) is 17.4 Å². The largest absolute Gasteiger partial charge is 0.461 e. The summed E-state index contributed by atoms with van der Waals surface area (Å²) < 4.78 is 29.5. The topological polar surface area (TPSA) is 90.6 Å². The smallest absolute Gasteiger partial charge is 0.360 e. The van der Waals surface area contributed by atoms with Crippen LogP contribution in [-0.2, 0) is 14.6 Å². The molecule has 0 atom stereocenters. The van der Waals surface area contributed by atoms with Gasteiger partial charge in [0.2, 0.25) is 0 Å². The van der Waals surface area contributed by atoms with Gasteiger partial charge in [-0.1, -0.05) is 0 Å². The number of aromatic nitrogens is 3. The van der Waals surface area contributed by atoms with Crippen molar-refractivity contribution in [2.24, 2.45) is 0 Å². The molecular weight excluding hydrogens is 270 g/mol. The monoisotopic (exact) mass is 283 g/mol. The van der Waals surface area contributed by atoms with Gasteiger partial charge in [0.15, 0.2) is 26.2 Å². The van der Waals surface area contributed by atoms with Gasteiger partial charge in [0, 0.05) is 11.9 Å². The molecule has 0 bridgehead atoms. The number of aryl methyl sites for hydroxylation is 1. The summed E-state index contributed by atoms with van der Waals surface area (Å²) in [6, 6.07) is 1.43. The van der Waals surface area contributed by atoms with E-state index >= 15 is 0 Å². The van der Waals surface area contributed by atoms with Gasteiger partial charge in [0.1, 0.15) is 6.33 Å². The van der Waals surface area contributed by atoms with Gasteiger partial charge in [0.25, 0.3) is 0 Å². The number of esters is 1. The zero-order chi connectivity index (χ0) is 14.2. The summed E-state index contributed by atoms with van der Waals surface area (Å²) in [5.74, 6) is -0.623. The first-order chi connectivity index (χ1) is 8.84. The van der Waals surface area contributed by atoms with Crippen LogP contribution in [0.2, 0.25) is 0 Å². The molecular formula is C11H13N3O4S. The molecule has 7 nitrogen and oxygen atoms in total. The molecule has 0 fully saturated rings. The fourth-order valence-electron chi connectivity index (χ4n) is 1.63. The highest BCUT2D eigenvalue weighted by molar-refractivity contribution is 7.90. The molecule has 2 heterocycles. The van der Waals surface area contributed by atoms with E-state index < -0.39 is 15.8 Å². The molecule has 0 N–H and O–H groups in total. The minimum absolute atomic E-state index is 0.00968. The summed E-state index contributed by atoms with van der Waals surface area (Å²) in [4.78, 5) is 19.6. The Labute approximate surface area is 110 Å². The average molecular weight is 283 g/mol. The van der Waals surface area contributed by atoms with Crippen LogP contribution in [0.1, 0.15) is 23.1 Å². The number of imidazole rings is 1. The third-order valence-electron chi connectivity index (χ3n) is 2.52. The van der Waals surface area contributed by atoms with Crippen molar-refractivity contribution >= 4 is 21.5 Å². The average Bonchev–Trinajstić information content (AvgIpc) is 2.72. The van der Waals surface area contributed by atoms with E-state index in [4.69, 9.17) is 4.74 Å². The highest BCUT2D eigenvalue weighted by atomic mass is 32.2. The Morgan fingerprint density at radius 3 is 2.74 bits per heavy atom. The molecule has 0 aromatic carbocycles. The Hall–Kier alpha value is -1.96. The quantitative estimate of drug-likeness (QED) is 0.605. The lowest BCUT2D eigenvalue weighted by Gasteiger charge is -2.04. The number of rotatable bonds is 3. The summed E-state index contributed by atoms with van der Waals surface area (Å²) in [6.45, 7) is 3.60. The number of nitrogens with zero attached hydrogens (tertiary/aromatic N) is 3. The van der Waals surface area contributed by atoms with Gasteiger partial charge in [-0.25, -0.2) is 23.2 Å². The van der Waals surface area contributed by atoms with E-state index in [1.165, 1.54) is 12.4 Å². The van der Waals surface area contributed by atoms with E-state index in [0.717, 1.165) is 6.26 Å². The summed E-state index contributed by atoms with van der Waals surface area (Å²) in [5, 5.41) is -0.0939. The van der Waals surface area contributed by atoms with Crippen LogP contribution in [0.25, 0.3) is 5.65 Å². The molecule has 0 amide bonds. The van der Waals surface area contributed by atoms with Crippen molar-refractivity contribution in [2.45, 2.75) is 18.9 Å². The van der Waals surface area contributed by atoms with Crippen LogP contribution in [-0.4, -0.2) is 41.6 Å². The van der Waals surface area contributed by atoms with Crippen LogP contribution >= 0.6 is 0 Å². The van der Waals surface area contributed by atoms with Crippen molar-refractivity contribution in [2.75, 3.05) is 12.9 Å². The van der Waals surface area contributed by atoms with Gasteiger partial charge in [-0.2, -0.15) is 0 Å². The third-order valence-corrected chi connectivity index (χ3v) is 3.49. The second-order valence-corrected chi connectivity index (χ2v) is 5.98. The lowest BCUT2D eigenvalue weighted by atomic mass is 10.4. The number of fused-ring (bicyclic) bond motifs is 1. The molecule has 0 aliphatic carbocycles. The normalized spacial score (nSPS) is 11.7. The highest BCUT2D eigenvalue weighted by Gasteiger charge is 2.19. The van der Waals surface area contributed by atoms with E-state index in [1.807, 2.05) is 0 Å². The first kappa shape index (κ1) is 13.5. The third kappa shape index (κ3) is 2.43. The maximum atomic E-state index is 11.7. The van der Waals surface area contributed by atoms with Gasteiger partial charge >= 0.3 is 5.97 Å². The highest BCUT2D eigenvalue weighted by Crippen LogP contribution is 2.15. The van der Waals surface area contributed by atoms with E-state index in [9.17, 15) is 13.2 Å². The molecule has 8 heteroatoms. The molecule has 0 saturated carbocycles. The van der Waals surface area contributed by atoms with Crippen molar-refractivity contribution < 1.29 is 17.9 Å². The molecule has 0 radical (unpaired) electrons. The van der Waals surface area contributed by atoms with Crippen molar-refractivity contribution in [3.05, 3.63) is 23.8 Å². The zero-order valence-corrected chi connectivity index (χ0v) is 11.6. The lowest BCUT2D eigenvalue weighted by molar-refractivity contribution is 0.0522. The molecule has 0 aliphatic rings. The summed E-state index contributed by atoms with van der Waals surface area (Å²) in [7, 11) is -3.45. The van der Waals surface area contributed by atoms with Crippen LogP contribution < -0.4 is 0 Å². The molecule has 2 aromatic rings. The number of hydrogen-bond acceptors (Lipinski definition) is 6. The van der Waals surface area contributed by atoms with Gasteiger partial charge in [0.05, 0.1) is 6.61 Å². The Bertz CT molecular complexity index is 749. The van der Waals surface area contributed by atoms with E-state index in [-0.39, 0.29) is 23.0 Å². The van der Waals surface area contributed by atoms with E-state index in [2.05, 4.69) is 9.97 Å². The van der Waals surface area contributed by atoms with Gasteiger partial charge in [-0.05, 0) is 19.9 Å². The van der Waals surface area contributed by atoms with Crippen LogP contribution in [0.3, 0.4) is 0 Å². The van der Waals surface area contributed by atoms with E-state index in [0.29, 0.717) is 5.69 Å². The maximum Gasteiger partial charge on any atom is 0.360 e. The molecule has 102 valence electrons. The number of sulfone groups is 1. The molecule has 0 saturated heterocycles. The SMILES string of the molecule is CCOC(=O)c1ncn2c(C)cc(S(C)(=O)=O)nc12. The van der Waals surface area contributed by atoms with E-state index in [1.54, 1.807) is 18.2 Å². The standard InChI is InChI=1S/C11H13N3O4S/c1-4-18-11(15)9-10-13-8(19(3,16)17)5-7(2)14(10)6-12-9/h5-6H,4H2,1-3H3. The molecule has 0 unspecified atom stereocenters. The Balaban J connectivity index is 2.70. The maximum absolute atomic E-state index is 11.7. The Kier molecular flexibility index (Phi) is 3.27. The fraction of sp³-hybridized carbons (Fsp3) is 0.364. The molecule has 2 rings (SSSR count). The number of ether oxygens (including phenoxy) is 1. The summed E-state index contributed by atoms with van der Waals surface area (Å²) >= 11 is 0. The van der Waals surface area contributed by atoms with Gasteiger partial charge < -0.3 is 4.74 Å². The number of carbonyl (C=O) groups is 1. The first-order valence-electron chi connectivity index (χ1n) is 5.56. The van der Waals surface area contributed by atoms with Crippen molar-refractivity contribution in [1.82, 2.24) is 14.4 Å². The predicted molar refractivity (Wildman–Crippen MR) is 66.8 cm³/mol. The first-order valence-corrected chi connectivity index (χ1v) is 7.45. The zero-order valence-electron chi connectivity index (χ0n) is 10.7. The van der Waals surface area contributed by atoms with Crippen LogP contribution in [0.4, 0.5) is 0 Å². The van der Waals surface area contributed by atoms with Crippen molar-refractivity contribution in [3.63, 3.8) is 0 Å². The van der Waals surface area contributed by atoms with Crippen molar-refractivity contribution in [3.8, 4) is 0 Å². The summed E-state index contributed by atoms with van der Waals surface area (Å²) in [6.07, 6.45) is 2.47. The molecule has 2 aromatic heterocycles. The predicted octanol–water partition coefficient (Wildman–Crippen LogP) is 0.618. The number of carbonyl (C=O) groups excluding carboxylic acids is 1. The lowest BCUT2D eigenvalue weighted by Crippen LogP contribution is -2.09. The molecule has 0 aliphatic heterocycles. The fourth-order valence-corrected chi connectivity index (χ4v) is 2.26. The second-order valence-electron chi connectivity index (χ2n) is 4.02. The number of hydrogen-bond donors (Lipinski definition) is 0. The van der Waals surface area contributed by atoms with Crippen LogP contribution in [0.5, 0.6) is 0 Å². The summed E-state index contributed by atoms with van der Waals surface area (Å²) in [5.41, 5.74) is 0.808. The Morgan fingerprint density at radius 2 is 2.16 bits per heavy atom.